The van der Waals surface area contributed by atoms with Crippen molar-refractivity contribution in [3.05, 3.63) is 24.3 Å². The molecular weight excluding hydrogens is 272 g/mol. The second-order valence-corrected chi connectivity index (χ2v) is 5.91. The molecule has 0 saturated carbocycles. The Morgan fingerprint density at radius 1 is 0.727 bits per heavy atom. The summed E-state index contributed by atoms with van der Waals surface area (Å²) in [5.41, 5.74) is 0. The van der Waals surface area contributed by atoms with Crippen LogP contribution < -0.4 is 0 Å². The molecule has 0 aromatic rings. The lowest BCUT2D eigenvalue weighted by Crippen LogP contribution is -1.97. The summed E-state index contributed by atoms with van der Waals surface area (Å²) in [6, 6.07) is 0. The third-order valence-electron chi connectivity index (χ3n) is 3.69. The van der Waals surface area contributed by atoms with E-state index in [1.165, 1.54) is 77.6 Å². The first kappa shape index (κ1) is 20.9. The Kier molecular flexibility index (Phi) is 17.1. The predicted molar refractivity (Wildman–Crippen MR) is 96.0 cm³/mol. The molecule has 0 bridgehead atoms. The number of ether oxygens (including phenoxy) is 1. The van der Waals surface area contributed by atoms with E-state index in [2.05, 4.69) is 25.2 Å². The second-order valence-electron chi connectivity index (χ2n) is 5.91. The van der Waals surface area contributed by atoms with Gasteiger partial charge in [0.1, 0.15) is 6.61 Å². The van der Waals surface area contributed by atoms with Crippen molar-refractivity contribution in [3.8, 4) is 0 Å². The molecule has 128 valence electrons. The SMILES string of the molecule is CC/C=C/CCCCCCCCCCC/C=C/COC(C)=O. The number of unbranched alkanes of at least 4 members (excludes halogenated alkanes) is 10. The third-order valence-corrected chi connectivity index (χ3v) is 3.69. The molecule has 0 saturated heterocycles. The molecule has 0 rings (SSSR count). The van der Waals surface area contributed by atoms with Gasteiger partial charge >= 0.3 is 5.97 Å². The summed E-state index contributed by atoms with van der Waals surface area (Å²) in [6.07, 6.45) is 24.4. The van der Waals surface area contributed by atoms with Gasteiger partial charge in [-0.1, -0.05) is 76.2 Å². The highest BCUT2D eigenvalue weighted by atomic mass is 16.5. The lowest BCUT2D eigenvalue weighted by atomic mass is 10.1. The van der Waals surface area contributed by atoms with E-state index in [0.29, 0.717) is 6.61 Å². The summed E-state index contributed by atoms with van der Waals surface area (Å²) in [5, 5.41) is 0. The van der Waals surface area contributed by atoms with E-state index in [-0.39, 0.29) is 5.97 Å². The van der Waals surface area contributed by atoms with Gasteiger partial charge in [-0.15, -0.1) is 0 Å². The third kappa shape index (κ3) is 18.9. The minimum atomic E-state index is -0.206. The summed E-state index contributed by atoms with van der Waals surface area (Å²) in [5.74, 6) is -0.206. The summed E-state index contributed by atoms with van der Waals surface area (Å²) >= 11 is 0. The predicted octanol–water partition coefficient (Wildman–Crippen LogP) is 6.36. The van der Waals surface area contributed by atoms with Crippen molar-refractivity contribution in [2.75, 3.05) is 6.61 Å². The molecule has 2 nitrogen and oxygen atoms in total. The maximum atomic E-state index is 10.5. The van der Waals surface area contributed by atoms with E-state index < -0.39 is 0 Å². The maximum absolute atomic E-state index is 10.5. The van der Waals surface area contributed by atoms with Crippen LogP contribution in [0.25, 0.3) is 0 Å². The van der Waals surface area contributed by atoms with E-state index >= 15 is 0 Å². The Labute approximate surface area is 138 Å². The van der Waals surface area contributed by atoms with Crippen LogP contribution in [-0.2, 0) is 9.53 Å². The van der Waals surface area contributed by atoms with Crippen LogP contribution in [0.3, 0.4) is 0 Å². The van der Waals surface area contributed by atoms with Crippen molar-refractivity contribution in [1.82, 2.24) is 0 Å². The van der Waals surface area contributed by atoms with Crippen LogP contribution in [0.5, 0.6) is 0 Å². The fourth-order valence-corrected chi connectivity index (χ4v) is 2.40. The maximum Gasteiger partial charge on any atom is 0.302 e. The second kappa shape index (κ2) is 18.0. The summed E-state index contributed by atoms with van der Waals surface area (Å²) < 4.78 is 4.83. The topological polar surface area (TPSA) is 26.3 Å². The normalized spacial score (nSPS) is 11.5. The van der Waals surface area contributed by atoms with Gasteiger partial charge in [-0.2, -0.15) is 0 Å². The van der Waals surface area contributed by atoms with Gasteiger partial charge in [0.25, 0.3) is 0 Å². The van der Waals surface area contributed by atoms with E-state index in [4.69, 9.17) is 4.74 Å². The number of carbonyl (C=O) groups is 1. The fourth-order valence-electron chi connectivity index (χ4n) is 2.40. The largest absolute Gasteiger partial charge is 0.462 e. The van der Waals surface area contributed by atoms with Crippen LogP contribution in [0, 0.1) is 0 Å². The van der Waals surface area contributed by atoms with Crippen molar-refractivity contribution in [2.45, 2.75) is 90.9 Å². The highest BCUT2D eigenvalue weighted by Gasteiger charge is 1.92. The van der Waals surface area contributed by atoms with Gasteiger partial charge in [0, 0.05) is 6.92 Å². The zero-order valence-electron chi connectivity index (χ0n) is 14.8. The number of hydrogen-bond acceptors (Lipinski definition) is 2. The van der Waals surface area contributed by atoms with Crippen LogP contribution >= 0.6 is 0 Å². The molecule has 0 fully saturated rings. The molecule has 0 aromatic carbocycles. The number of carbonyl (C=O) groups excluding carboxylic acids is 1. The van der Waals surface area contributed by atoms with Gasteiger partial charge < -0.3 is 4.74 Å². The Morgan fingerprint density at radius 3 is 1.64 bits per heavy atom. The smallest absolute Gasteiger partial charge is 0.302 e. The molecular formula is C20H36O2. The zero-order chi connectivity index (χ0) is 16.3. The summed E-state index contributed by atoms with van der Waals surface area (Å²) in [4.78, 5) is 10.5. The first-order valence-corrected chi connectivity index (χ1v) is 9.20. The van der Waals surface area contributed by atoms with Crippen LogP contribution in [0.15, 0.2) is 24.3 Å². The fraction of sp³-hybridized carbons (Fsp3) is 0.750. The van der Waals surface area contributed by atoms with Gasteiger partial charge in [0.2, 0.25) is 0 Å². The number of hydrogen-bond donors (Lipinski definition) is 0. The van der Waals surface area contributed by atoms with Crippen LogP contribution in [0.1, 0.15) is 90.9 Å². The molecule has 0 radical (unpaired) electrons. The van der Waals surface area contributed by atoms with Crippen molar-refractivity contribution in [2.24, 2.45) is 0 Å². The summed E-state index contributed by atoms with van der Waals surface area (Å²) in [6.45, 7) is 4.05. The van der Waals surface area contributed by atoms with Crippen molar-refractivity contribution in [1.29, 1.82) is 0 Å². The Morgan fingerprint density at radius 2 is 1.18 bits per heavy atom. The quantitative estimate of drug-likeness (QED) is 0.200. The van der Waals surface area contributed by atoms with E-state index in [1.54, 1.807) is 0 Å². The number of esters is 1. The van der Waals surface area contributed by atoms with Gasteiger partial charge in [-0.05, 0) is 32.1 Å². The van der Waals surface area contributed by atoms with Gasteiger partial charge in [-0.3, -0.25) is 4.79 Å². The molecule has 22 heavy (non-hydrogen) atoms. The minimum Gasteiger partial charge on any atom is -0.462 e. The van der Waals surface area contributed by atoms with E-state index in [9.17, 15) is 4.79 Å². The van der Waals surface area contributed by atoms with Gasteiger partial charge in [0.05, 0.1) is 0 Å². The Bertz CT molecular complexity index is 292. The average Bonchev–Trinajstić information content (AvgIpc) is 2.50. The molecule has 0 aromatic heterocycles. The first-order valence-electron chi connectivity index (χ1n) is 9.20. The van der Waals surface area contributed by atoms with Crippen molar-refractivity contribution < 1.29 is 9.53 Å². The Hall–Kier alpha value is -1.05. The molecule has 0 atom stereocenters. The monoisotopic (exact) mass is 308 g/mol. The van der Waals surface area contributed by atoms with Crippen LogP contribution in [-0.4, -0.2) is 12.6 Å². The highest BCUT2D eigenvalue weighted by Crippen LogP contribution is 2.11. The lowest BCUT2D eigenvalue weighted by Gasteiger charge is -2.01. The number of rotatable bonds is 15. The number of allylic oxidation sites excluding steroid dienone is 3. The lowest BCUT2D eigenvalue weighted by molar-refractivity contribution is -0.139. The highest BCUT2D eigenvalue weighted by molar-refractivity contribution is 5.65. The molecule has 0 spiro atoms. The van der Waals surface area contributed by atoms with Gasteiger partial charge in [-0.25, -0.2) is 0 Å². The molecule has 0 aliphatic rings. The molecule has 0 aliphatic heterocycles. The zero-order valence-corrected chi connectivity index (χ0v) is 14.8. The van der Waals surface area contributed by atoms with Crippen LogP contribution in [0.2, 0.25) is 0 Å². The van der Waals surface area contributed by atoms with Gasteiger partial charge in [0.15, 0.2) is 0 Å². The standard InChI is InChI=1S/C20H36O2/c1-3-4-5-6-7-8-9-10-11-12-13-14-15-16-17-18-19-22-20(2)21/h4-5,17-18H,3,6-16,19H2,1-2H3/b5-4+,18-17+. The van der Waals surface area contributed by atoms with E-state index in [1.807, 2.05) is 6.08 Å². The minimum absolute atomic E-state index is 0.206. The van der Waals surface area contributed by atoms with Crippen molar-refractivity contribution >= 4 is 5.97 Å². The average molecular weight is 309 g/mol. The van der Waals surface area contributed by atoms with E-state index in [0.717, 1.165) is 6.42 Å². The molecule has 0 heterocycles. The Balaban J connectivity index is 3.08. The molecule has 2 heteroatoms. The molecule has 0 N–H and O–H groups in total. The first-order chi connectivity index (χ1) is 10.8. The molecule has 0 aliphatic carbocycles. The van der Waals surface area contributed by atoms with Crippen molar-refractivity contribution in [3.63, 3.8) is 0 Å². The summed E-state index contributed by atoms with van der Waals surface area (Å²) in [7, 11) is 0. The molecule has 0 unspecified atom stereocenters. The molecule has 0 amide bonds. The van der Waals surface area contributed by atoms with Crippen LogP contribution in [0.4, 0.5) is 0 Å².